The van der Waals surface area contributed by atoms with Crippen molar-refractivity contribution < 1.29 is 0 Å². The van der Waals surface area contributed by atoms with E-state index in [1.54, 1.807) is 12.3 Å². The van der Waals surface area contributed by atoms with Crippen LogP contribution in [-0.2, 0) is 0 Å². The first kappa shape index (κ1) is 12.6. The van der Waals surface area contributed by atoms with E-state index in [0.29, 0.717) is 15.7 Å². The molecule has 0 spiro atoms. The van der Waals surface area contributed by atoms with Crippen molar-refractivity contribution in [1.82, 2.24) is 0 Å². The second-order valence-corrected chi connectivity index (χ2v) is 5.09. The predicted octanol–water partition coefficient (Wildman–Crippen LogP) is 5.51. The smallest absolute Gasteiger partial charge is 0.0848 e. The van der Waals surface area contributed by atoms with Crippen LogP contribution in [0.15, 0.2) is 51.9 Å². The molecule has 0 aliphatic carbocycles. The fourth-order valence-electron chi connectivity index (χ4n) is 1.32. The van der Waals surface area contributed by atoms with Crippen LogP contribution in [0, 0.1) is 0 Å². The number of aliphatic imine (C=N–C) groups is 1. The first-order valence-corrected chi connectivity index (χ1v) is 6.45. The SMILES string of the molecule is Clc1cccc(N=Cc2cccc(Br)c2)c1Cl. The van der Waals surface area contributed by atoms with Gasteiger partial charge in [-0.05, 0) is 29.8 Å². The molecule has 17 heavy (non-hydrogen) atoms. The third-order valence-electron chi connectivity index (χ3n) is 2.13. The van der Waals surface area contributed by atoms with E-state index in [0.717, 1.165) is 10.0 Å². The summed E-state index contributed by atoms with van der Waals surface area (Å²) in [4.78, 5) is 4.32. The van der Waals surface area contributed by atoms with Gasteiger partial charge in [0.25, 0.3) is 0 Å². The Bertz CT molecular complexity index is 567. The van der Waals surface area contributed by atoms with Gasteiger partial charge in [-0.2, -0.15) is 0 Å². The number of hydrogen-bond acceptors (Lipinski definition) is 1. The molecule has 0 aromatic heterocycles. The van der Waals surface area contributed by atoms with Crippen molar-refractivity contribution in [2.75, 3.05) is 0 Å². The van der Waals surface area contributed by atoms with Gasteiger partial charge in [-0.3, -0.25) is 4.99 Å². The minimum Gasteiger partial charge on any atom is -0.255 e. The second-order valence-electron chi connectivity index (χ2n) is 3.39. The molecule has 0 unspecified atom stereocenters. The zero-order valence-electron chi connectivity index (χ0n) is 8.70. The van der Waals surface area contributed by atoms with Gasteiger partial charge in [0.2, 0.25) is 0 Å². The molecule has 0 saturated heterocycles. The fraction of sp³-hybridized carbons (Fsp3) is 0. The van der Waals surface area contributed by atoms with E-state index < -0.39 is 0 Å². The molecular weight excluding hydrogens is 321 g/mol. The molecule has 0 N–H and O–H groups in total. The van der Waals surface area contributed by atoms with Gasteiger partial charge < -0.3 is 0 Å². The predicted molar refractivity (Wildman–Crippen MR) is 77.9 cm³/mol. The summed E-state index contributed by atoms with van der Waals surface area (Å²) in [5.74, 6) is 0. The van der Waals surface area contributed by atoms with Crippen molar-refractivity contribution in [3.05, 3.63) is 62.5 Å². The van der Waals surface area contributed by atoms with Crippen molar-refractivity contribution in [3.8, 4) is 0 Å². The largest absolute Gasteiger partial charge is 0.255 e. The van der Waals surface area contributed by atoms with Gasteiger partial charge in [0.15, 0.2) is 0 Å². The van der Waals surface area contributed by atoms with Gasteiger partial charge >= 0.3 is 0 Å². The molecule has 0 heterocycles. The van der Waals surface area contributed by atoms with Crippen LogP contribution < -0.4 is 0 Å². The minimum absolute atomic E-state index is 0.473. The molecule has 1 nitrogen and oxygen atoms in total. The van der Waals surface area contributed by atoms with E-state index in [1.807, 2.05) is 36.4 Å². The minimum atomic E-state index is 0.473. The van der Waals surface area contributed by atoms with E-state index in [-0.39, 0.29) is 0 Å². The van der Waals surface area contributed by atoms with Gasteiger partial charge in [0.1, 0.15) is 0 Å². The van der Waals surface area contributed by atoms with Crippen LogP contribution in [0.2, 0.25) is 10.0 Å². The van der Waals surface area contributed by atoms with E-state index in [9.17, 15) is 0 Å². The van der Waals surface area contributed by atoms with Gasteiger partial charge in [-0.25, -0.2) is 0 Å². The van der Waals surface area contributed by atoms with Crippen LogP contribution in [0.4, 0.5) is 5.69 Å². The van der Waals surface area contributed by atoms with Crippen molar-refractivity contribution in [1.29, 1.82) is 0 Å². The van der Waals surface area contributed by atoms with Crippen LogP contribution >= 0.6 is 39.1 Å². The second kappa shape index (κ2) is 5.67. The third-order valence-corrected chi connectivity index (χ3v) is 3.43. The highest BCUT2D eigenvalue weighted by Crippen LogP contribution is 2.31. The Morgan fingerprint density at radius 3 is 2.59 bits per heavy atom. The van der Waals surface area contributed by atoms with E-state index >= 15 is 0 Å². The average Bonchev–Trinajstić information content (AvgIpc) is 2.31. The summed E-state index contributed by atoms with van der Waals surface area (Å²) in [6, 6.07) is 13.2. The van der Waals surface area contributed by atoms with Crippen LogP contribution in [0.5, 0.6) is 0 Å². The van der Waals surface area contributed by atoms with Crippen molar-refractivity contribution in [2.45, 2.75) is 0 Å². The summed E-state index contributed by atoms with van der Waals surface area (Å²) in [6.07, 6.45) is 1.75. The van der Waals surface area contributed by atoms with E-state index in [1.165, 1.54) is 0 Å². The van der Waals surface area contributed by atoms with Gasteiger partial charge in [0.05, 0.1) is 15.7 Å². The van der Waals surface area contributed by atoms with E-state index in [4.69, 9.17) is 23.2 Å². The fourth-order valence-corrected chi connectivity index (χ4v) is 2.08. The average molecular weight is 329 g/mol. The third kappa shape index (κ3) is 3.32. The summed E-state index contributed by atoms with van der Waals surface area (Å²) in [6.45, 7) is 0. The Kier molecular flexibility index (Phi) is 4.21. The Morgan fingerprint density at radius 1 is 1.06 bits per heavy atom. The molecule has 0 radical (unpaired) electrons. The maximum Gasteiger partial charge on any atom is 0.0848 e. The summed E-state index contributed by atoms with van der Waals surface area (Å²) < 4.78 is 1.01. The first-order valence-electron chi connectivity index (χ1n) is 4.90. The van der Waals surface area contributed by atoms with Crippen LogP contribution in [0.3, 0.4) is 0 Å². The number of rotatable bonds is 2. The Balaban J connectivity index is 2.29. The Morgan fingerprint density at radius 2 is 1.82 bits per heavy atom. The molecular formula is C13H8BrCl2N. The summed E-state index contributed by atoms with van der Waals surface area (Å²) in [5, 5.41) is 0.982. The zero-order chi connectivity index (χ0) is 12.3. The molecule has 0 atom stereocenters. The highest BCUT2D eigenvalue weighted by Gasteiger charge is 2.01. The topological polar surface area (TPSA) is 12.4 Å². The lowest BCUT2D eigenvalue weighted by Gasteiger charge is -1.99. The Hall–Kier alpha value is -0.830. The molecule has 2 aromatic carbocycles. The van der Waals surface area contributed by atoms with Crippen LogP contribution in [0.25, 0.3) is 0 Å². The molecule has 2 rings (SSSR count). The Labute approximate surface area is 118 Å². The number of benzene rings is 2. The highest BCUT2D eigenvalue weighted by atomic mass is 79.9. The first-order chi connectivity index (χ1) is 8.16. The molecule has 0 aliphatic rings. The van der Waals surface area contributed by atoms with E-state index in [2.05, 4.69) is 20.9 Å². The van der Waals surface area contributed by atoms with Gasteiger partial charge in [0, 0.05) is 10.7 Å². The van der Waals surface area contributed by atoms with Crippen molar-refractivity contribution >= 4 is 51.0 Å². The van der Waals surface area contributed by atoms with Gasteiger partial charge in [-0.1, -0.05) is 57.3 Å². The maximum atomic E-state index is 6.04. The lowest BCUT2D eigenvalue weighted by molar-refractivity contribution is 1.52. The lowest BCUT2D eigenvalue weighted by atomic mass is 10.2. The molecule has 86 valence electrons. The maximum absolute atomic E-state index is 6.04. The lowest BCUT2D eigenvalue weighted by Crippen LogP contribution is -1.80. The molecule has 4 heteroatoms. The molecule has 0 saturated carbocycles. The summed E-state index contributed by atoms with van der Waals surface area (Å²) >= 11 is 15.3. The molecule has 0 fully saturated rings. The van der Waals surface area contributed by atoms with Crippen molar-refractivity contribution in [3.63, 3.8) is 0 Å². The van der Waals surface area contributed by atoms with Gasteiger partial charge in [-0.15, -0.1) is 0 Å². The van der Waals surface area contributed by atoms with Crippen LogP contribution in [0.1, 0.15) is 5.56 Å². The number of halogens is 3. The number of hydrogen-bond donors (Lipinski definition) is 0. The highest BCUT2D eigenvalue weighted by molar-refractivity contribution is 9.10. The molecule has 0 amide bonds. The summed E-state index contributed by atoms with van der Waals surface area (Å²) in [7, 11) is 0. The normalized spacial score (nSPS) is 11.0. The van der Waals surface area contributed by atoms with Crippen molar-refractivity contribution in [2.24, 2.45) is 4.99 Å². The van der Waals surface area contributed by atoms with Crippen LogP contribution in [-0.4, -0.2) is 6.21 Å². The standard InChI is InChI=1S/C13H8BrCl2N/c14-10-4-1-3-9(7-10)8-17-12-6-2-5-11(15)13(12)16/h1-8H. The number of nitrogens with zero attached hydrogens (tertiary/aromatic N) is 1. The summed E-state index contributed by atoms with van der Waals surface area (Å²) in [5.41, 5.74) is 1.66. The quantitative estimate of drug-likeness (QED) is 0.645. The molecule has 0 aliphatic heterocycles. The monoisotopic (exact) mass is 327 g/mol. The zero-order valence-corrected chi connectivity index (χ0v) is 11.8. The molecule has 0 bridgehead atoms. The molecule has 2 aromatic rings.